The predicted octanol–water partition coefficient (Wildman–Crippen LogP) is 4.71. The number of hydrogen-bond donors (Lipinski definition) is 0. The van der Waals surface area contributed by atoms with Gasteiger partial charge in [-0.25, -0.2) is 5.01 Å². The van der Waals surface area contributed by atoms with Crippen LogP contribution in [0.25, 0.3) is 17.1 Å². The summed E-state index contributed by atoms with van der Waals surface area (Å²) < 4.78 is 1.92. The Balaban J connectivity index is 1.38. The minimum atomic E-state index is -0.0675. The van der Waals surface area contributed by atoms with Crippen LogP contribution in [-0.4, -0.2) is 48.7 Å². The number of halogens is 1. The Morgan fingerprint density at radius 1 is 0.939 bits per heavy atom. The molecule has 2 aromatic heterocycles. The molecule has 1 aliphatic rings. The highest BCUT2D eigenvalue weighted by molar-refractivity contribution is 7.99. The van der Waals surface area contributed by atoms with Crippen molar-refractivity contribution in [2.24, 2.45) is 5.10 Å². The summed E-state index contributed by atoms with van der Waals surface area (Å²) in [6.07, 6.45) is 4.16. The van der Waals surface area contributed by atoms with Crippen LogP contribution in [0.2, 0.25) is 5.02 Å². The molecule has 0 fully saturated rings. The van der Waals surface area contributed by atoms with Crippen LogP contribution in [0.1, 0.15) is 12.0 Å². The summed E-state index contributed by atoms with van der Waals surface area (Å²) in [5.74, 6) is 0.801. The van der Waals surface area contributed by atoms with Gasteiger partial charge in [0.2, 0.25) is 0 Å². The lowest BCUT2D eigenvalue weighted by Crippen LogP contribution is -2.25. The van der Waals surface area contributed by atoms with Gasteiger partial charge in [-0.3, -0.25) is 14.3 Å². The summed E-state index contributed by atoms with van der Waals surface area (Å²) in [7, 11) is 0. The van der Waals surface area contributed by atoms with Crippen molar-refractivity contribution in [1.82, 2.24) is 24.8 Å². The van der Waals surface area contributed by atoms with Gasteiger partial charge in [0.1, 0.15) is 0 Å². The molecule has 2 aromatic carbocycles. The molecule has 0 spiro atoms. The molecule has 7 nitrogen and oxygen atoms in total. The molecule has 0 unspecified atom stereocenters. The number of rotatable bonds is 6. The van der Waals surface area contributed by atoms with E-state index in [1.807, 2.05) is 71.3 Å². The zero-order chi connectivity index (χ0) is 22.6. The summed E-state index contributed by atoms with van der Waals surface area (Å²) >= 11 is 7.42. The maximum atomic E-state index is 12.9. The number of pyridine rings is 1. The van der Waals surface area contributed by atoms with Crippen LogP contribution in [0.15, 0.2) is 89.4 Å². The van der Waals surface area contributed by atoms with Crippen molar-refractivity contribution in [2.75, 3.05) is 12.3 Å². The fraction of sp³-hybridized carbons (Fsp3) is 0.125. The zero-order valence-electron chi connectivity index (χ0n) is 17.5. The van der Waals surface area contributed by atoms with Crippen molar-refractivity contribution >= 4 is 35.0 Å². The van der Waals surface area contributed by atoms with E-state index >= 15 is 0 Å². The topological polar surface area (TPSA) is 76.3 Å². The second kappa shape index (κ2) is 9.56. The van der Waals surface area contributed by atoms with E-state index in [1.165, 1.54) is 11.8 Å². The van der Waals surface area contributed by atoms with Gasteiger partial charge in [-0.05, 0) is 42.0 Å². The molecule has 0 saturated carbocycles. The summed E-state index contributed by atoms with van der Waals surface area (Å²) in [6.45, 7) is 0.579. The molecule has 5 rings (SSSR count). The highest BCUT2D eigenvalue weighted by Gasteiger charge is 2.23. The first-order valence-electron chi connectivity index (χ1n) is 10.4. The largest absolute Gasteiger partial charge is 0.272 e. The van der Waals surface area contributed by atoms with Crippen molar-refractivity contribution in [1.29, 1.82) is 0 Å². The molecule has 1 amide bonds. The van der Waals surface area contributed by atoms with Crippen LogP contribution in [0.3, 0.4) is 0 Å². The Kier molecular flexibility index (Phi) is 6.19. The van der Waals surface area contributed by atoms with Crippen molar-refractivity contribution < 1.29 is 4.79 Å². The first-order chi connectivity index (χ1) is 16.2. The fourth-order valence-corrected chi connectivity index (χ4v) is 4.49. The number of aromatic nitrogens is 4. The average Bonchev–Trinajstić information content (AvgIpc) is 3.52. The van der Waals surface area contributed by atoms with Crippen LogP contribution in [-0.2, 0) is 4.79 Å². The first-order valence-corrected chi connectivity index (χ1v) is 11.7. The van der Waals surface area contributed by atoms with Gasteiger partial charge in [-0.15, -0.1) is 10.2 Å². The maximum absolute atomic E-state index is 12.9. The molecule has 0 N–H and O–H groups in total. The van der Waals surface area contributed by atoms with E-state index in [-0.39, 0.29) is 11.7 Å². The molecule has 33 heavy (non-hydrogen) atoms. The summed E-state index contributed by atoms with van der Waals surface area (Å²) in [5, 5.41) is 16.1. The van der Waals surface area contributed by atoms with Crippen LogP contribution < -0.4 is 0 Å². The Morgan fingerprint density at radius 3 is 2.45 bits per heavy atom. The van der Waals surface area contributed by atoms with Gasteiger partial charge in [0.05, 0.1) is 18.0 Å². The summed E-state index contributed by atoms with van der Waals surface area (Å²) in [6, 6.07) is 21.1. The molecular formula is C24H19ClN6OS. The number of hydrazone groups is 1. The first kappa shape index (κ1) is 21.4. The van der Waals surface area contributed by atoms with E-state index < -0.39 is 0 Å². The SMILES string of the molecule is O=C(CSc1nnc(-c2ccncc2)n1-c1ccc(Cl)cc1)N1CCC(c2ccccc2)=N1. The molecule has 0 radical (unpaired) electrons. The second-order valence-electron chi connectivity index (χ2n) is 7.32. The van der Waals surface area contributed by atoms with Crippen molar-refractivity contribution in [3.8, 4) is 17.1 Å². The third-order valence-electron chi connectivity index (χ3n) is 5.18. The monoisotopic (exact) mass is 474 g/mol. The molecule has 0 saturated heterocycles. The van der Waals surface area contributed by atoms with Gasteiger partial charge >= 0.3 is 0 Å². The van der Waals surface area contributed by atoms with E-state index in [1.54, 1.807) is 17.4 Å². The van der Waals surface area contributed by atoms with E-state index in [4.69, 9.17) is 11.6 Å². The normalized spacial score (nSPS) is 13.2. The smallest absolute Gasteiger partial charge is 0.253 e. The summed E-state index contributed by atoms with van der Waals surface area (Å²) in [5.41, 5.74) is 3.71. The van der Waals surface area contributed by atoms with Crippen LogP contribution in [0, 0.1) is 0 Å². The van der Waals surface area contributed by atoms with Gasteiger partial charge in [0, 0.05) is 35.1 Å². The number of amides is 1. The second-order valence-corrected chi connectivity index (χ2v) is 8.70. The Morgan fingerprint density at radius 2 is 1.70 bits per heavy atom. The molecule has 0 bridgehead atoms. The van der Waals surface area contributed by atoms with E-state index in [0.717, 1.165) is 28.9 Å². The fourth-order valence-electron chi connectivity index (χ4n) is 3.55. The third-order valence-corrected chi connectivity index (χ3v) is 6.34. The predicted molar refractivity (Wildman–Crippen MR) is 130 cm³/mol. The minimum absolute atomic E-state index is 0.0675. The standard InChI is InChI=1S/C24H19ClN6OS/c25-19-6-8-20(9-7-19)31-23(18-10-13-26-14-11-18)27-28-24(31)33-16-22(32)30-15-12-21(29-30)17-4-2-1-3-5-17/h1-11,13-14H,12,15-16H2. The maximum Gasteiger partial charge on any atom is 0.253 e. The van der Waals surface area contributed by atoms with E-state index in [2.05, 4.69) is 20.3 Å². The Labute approximate surface area is 200 Å². The van der Waals surface area contributed by atoms with Crippen LogP contribution in [0.4, 0.5) is 0 Å². The quantitative estimate of drug-likeness (QED) is 0.378. The highest BCUT2D eigenvalue weighted by atomic mass is 35.5. The molecule has 9 heteroatoms. The van der Waals surface area contributed by atoms with Gasteiger partial charge < -0.3 is 0 Å². The number of thioether (sulfide) groups is 1. The number of benzene rings is 2. The van der Waals surface area contributed by atoms with Crippen molar-refractivity contribution in [2.45, 2.75) is 11.6 Å². The van der Waals surface area contributed by atoms with Crippen LogP contribution in [0.5, 0.6) is 0 Å². The molecule has 164 valence electrons. The van der Waals surface area contributed by atoms with Crippen molar-refractivity contribution in [3.05, 3.63) is 89.7 Å². The molecule has 0 aliphatic carbocycles. The zero-order valence-corrected chi connectivity index (χ0v) is 19.1. The lowest BCUT2D eigenvalue weighted by atomic mass is 10.1. The lowest BCUT2D eigenvalue weighted by molar-refractivity contribution is -0.127. The van der Waals surface area contributed by atoms with E-state index in [9.17, 15) is 4.79 Å². The van der Waals surface area contributed by atoms with Crippen molar-refractivity contribution in [3.63, 3.8) is 0 Å². The van der Waals surface area contributed by atoms with Gasteiger partial charge in [-0.2, -0.15) is 5.10 Å². The molecular weight excluding hydrogens is 456 g/mol. The summed E-state index contributed by atoms with van der Waals surface area (Å²) in [4.78, 5) is 17.0. The lowest BCUT2D eigenvalue weighted by Gasteiger charge is -2.12. The number of carbonyl (C=O) groups is 1. The Bertz CT molecular complexity index is 1290. The highest BCUT2D eigenvalue weighted by Crippen LogP contribution is 2.29. The third kappa shape index (κ3) is 4.67. The molecule has 3 heterocycles. The number of carbonyl (C=O) groups excluding carboxylic acids is 1. The van der Waals surface area contributed by atoms with Gasteiger partial charge in [0.15, 0.2) is 11.0 Å². The molecule has 4 aromatic rings. The molecule has 0 atom stereocenters. The van der Waals surface area contributed by atoms with Crippen LogP contribution >= 0.6 is 23.4 Å². The molecule has 1 aliphatic heterocycles. The number of hydrogen-bond acceptors (Lipinski definition) is 6. The number of nitrogens with zero attached hydrogens (tertiary/aromatic N) is 6. The van der Waals surface area contributed by atoms with E-state index in [0.29, 0.717) is 22.5 Å². The van der Waals surface area contributed by atoms with Gasteiger partial charge in [-0.1, -0.05) is 53.7 Å². The Hall–Kier alpha value is -3.49. The minimum Gasteiger partial charge on any atom is -0.272 e. The average molecular weight is 475 g/mol. The van der Waals surface area contributed by atoms with Gasteiger partial charge in [0.25, 0.3) is 5.91 Å².